The van der Waals surface area contributed by atoms with Crippen LogP contribution >= 0.6 is 0 Å². The van der Waals surface area contributed by atoms with E-state index in [0.717, 1.165) is 16.5 Å². The van der Waals surface area contributed by atoms with Crippen LogP contribution in [0.2, 0.25) is 0 Å². The van der Waals surface area contributed by atoms with Crippen molar-refractivity contribution in [3.05, 3.63) is 66.4 Å². The first-order chi connectivity index (χ1) is 13.3. The first-order valence-corrected chi connectivity index (χ1v) is 9.44. The van der Waals surface area contributed by atoms with Gasteiger partial charge in [-0.15, -0.1) is 0 Å². The van der Waals surface area contributed by atoms with E-state index in [4.69, 9.17) is 4.74 Å². The maximum Gasteiger partial charge on any atom is 0.407 e. The molecule has 1 heterocycles. The Morgan fingerprint density at radius 1 is 1.14 bits per heavy atom. The van der Waals surface area contributed by atoms with Crippen LogP contribution in [0.5, 0.6) is 0 Å². The summed E-state index contributed by atoms with van der Waals surface area (Å²) in [6.07, 6.45) is 1.01. The topological polar surface area (TPSA) is 76.4 Å². The molecular weight excluding hydrogens is 354 g/mol. The minimum Gasteiger partial charge on any atom is -0.444 e. The van der Waals surface area contributed by atoms with E-state index >= 15 is 0 Å². The predicted octanol–water partition coefficient (Wildman–Crippen LogP) is 3.53. The van der Waals surface area contributed by atoms with Crippen molar-refractivity contribution in [2.45, 2.75) is 51.5 Å². The molecule has 1 amide bonds. The number of nitrogens with zero attached hydrogens (tertiary/aromatic N) is 2. The predicted molar refractivity (Wildman–Crippen MR) is 109 cm³/mol. The molecule has 2 N–H and O–H groups in total. The Morgan fingerprint density at radius 2 is 1.82 bits per heavy atom. The van der Waals surface area contributed by atoms with E-state index < -0.39 is 23.8 Å². The van der Waals surface area contributed by atoms with E-state index in [1.165, 1.54) is 0 Å². The van der Waals surface area contributed by atoms with Gasteiger partial charge in [-0.2, -0.15) is 5.10 Å². The Bertz CT molecular complexity index is 882. The second-order valence-electron chi connectivity index (χ2n) is 7.92. The first-order valence-electron chi connectivity index (χ1n) is 9.44. The summed E-state index contributed by atoms with van der Waals surface area (Å²) in [5.41, 5.74) is 1.29. The van der Waals surface area contributed by atoms with Crippen molar-refractivity contribution in [2.24, 2.45) is 0 Å². The smallest absolute Gasteiger partial charge is 0.407 e. The quantitative estimate of drug-likeness (QED) is 0.685. The summed E-state index contributed by atoms with van der Waals surface area (Å²) in [5.74, 6) is 0. The monoisotopic (exact) mass is 381 g/mol. The van der Waals surface area contributed by atoms with Gasteiger partial charge in [0.15, 0.2) is 0 Å². The van der Waals surface area contributed by atoms with Crippen LogP contribution in [-0.4, -0.2) is 38.7 Å². The SMILES string of the molecule is CC(C)(C)OC(=O)N[C@H](Cc1ccccc1)[C@@H](O)Cn1cc2ccccc2n1. The van der Waals surface area contributed by atoms with E-state index in [9.17, 15) is 9.90 Å². The van der Waals surface area contributed by atoms with Gasteiger partial charge in [0.05, 0.1) is 24.2 Å². The molecule has 28 heavy (non-hydrogen) atoms. The summed E-state index contributed by atoms with van der Waals surface area (Å²) in [5, 5.41) is 19.2. The number of ether oxygens (including phenoxy) is 1. The lowest BCUT2D eigenvalue weighted by molar-refractivity contribution is 0.0399. The lowest BCUT2D eigenvalue weighted by atomic mass is 10.0. The summed E-state index contributed by atoms with van der Waals surface area (Å²) in [6.45, 7) is 5.70. The Kier molecular flexibility index (Phi) is 5.99. The molecule has 6 heteroatoms. The zero-order valence-electron chi connectivity index (χ0n) is 16.5. The molecule has 2 atom stereocenters. The molecule has 3 aromatic rings. The zero-order chi connectivity index (χ0) is 20.1. The van der Waals surface area contributed by atoms with Gasteiger partial charge in [0.2, 0.25) is 0 Å². The molecule has 0 aliphatic heterocycles. The Morgan fingerprint density at radius 3 is 2.50 bits per heavy atom. The fraction of sp³-hybridized carbons (Fsp3) is 0.364. The number of benzene rings is 2. The molecular formula is C22H27N3O3. The largest absolute Gasteiger partial charge is 0.444 e. The Balaban J connectivity index is 1.74. The molecule has 0 radical (unpaired) electrons. The fourth-order valence-corrected chi connectivity index (χ4v) is 3.04. The van der Waals surface area contributed by atoms with Crippen LogP contribution in [0.25, 0.3) is 10.9 Å². The normalized spacial score (nSPS) is 13.9. The number of hydrogen-bond donors (Lipinski definition) is 2. The number of fused-ring (bicyclic) bond motifs is 1. The maximum atomic E-state index is 12.3. The third-order valence-electron chi connectivity index (χ3n) is 4.30. The molecule has 0 saturated carbocycles. The highest BCUT2D eigenvalue weighted by atomic mass is 16.6. The summed E-state index contributed by atoms with van der Waals surface area (Å²) in [6, 6.07) is 17.0. The highest BCUT2D eigenvalue weighted by Crippen LogP contribution is 2.14. The van der Waals surface area contributed by atoms with Crippen LogP contribution in [0.4, 0.5) is 4.79 Å². The highest BCUT2D eigenvalue weighted by molar-refractivity contribution is 5.77. The van der Waals surface area contributed by atoms with Gasteiger partial charge < -0.3 is 15.2 Å². The van der Waals surface area contributed by atoms with Gasteiger partial charge in [0.1, 0.15) is 5.60 Å². The molecule has 0 unspecified atom stereocenters. The zero-order valence-corrected chi connectivity index (χ0v) is 16.5. The van der Waals surface area contributed by atoms with Crippen molar-refractivity contribution in [2.75, 3.05) is 0 Å². The van der Waals surface area contributed by atoms with Gasteiger partial charge in [-0.25, -0.2) is 4.79 Å². The van der Waals surface area contributed by atoms with Gasteiger partial charge in [-0.05, 0) is 38.8 Å². The van der Waals surface area contributed by atoms with Gasteiger partial charge in [0, 0.05) is 11.6 Å². The molecule has 0 aliphatic rings. The van der Waals surface area contributed by atoms with Crippen LogP contribution in [-0.2, 0) is 17.7 Å². The summed E-state index contributed by atoms with van der Waals surface area (Å²) in [7, 11) is 0. The van der Waals surface area contributed by atoms with Crippen LogP contribution in [0, 0.1) is 0 Å². The van der Waals surface area contributed by atoms with Gasteiger partial charge >= 0.3 is 6.09 Å². The van der Waals surface area contributed by atoms with Crippen LogP contribution in [0.15, 0.2) is 60.8 Å². The third kappa shape index (κ3) is 5.57. The molecule has 0 aliphatic carbocycles. The minimum absolute atomic E-state index is 0.266. The fourth-order valence-electron chi connectivity index (χ4n) is 3.04. The number of nitrogens with one attached hydrogen (secondary N) is 1. The number of aliphatic hydroxyl groups excluding tert-OH is 1. The molecule has 2 aromatic carbocycles. The average Bonchev–Trinajstić information content (AvgIpc) is 3.02. The third-order valence-corrected chi connectivity index (χ3v) is 4.30. The van der Waals surface area contributed by atoms with E-state index in [1.807, 2.05) is 81.6 Å². The Hall–Kier alpha value is -2.86. The number of aliphatic hydroxyl groups is 1. The second kappa shape index (κ2) is 8.44. The van der Waals surface area contributed by atoms with Crippen molar-refractivity contribution in [1.29, 1.82) is 0 Å². The van der Waals surface area contributed by atoms with Gasteiger partial charge in [0.25, 0.3) is 0 Å². The number of aromatic nitrogens is 2. The Labute approximate surface area is 165 Å². The number of hydrogen-bond acceptors (Lipinski definition) is 4. The van der Waals surface area contributed by atoms with E-state index in [2.05, 4.69) is 10.4 Å². The lowest BCUT2D eigenvalue weighted by Gasteiger charge is -2.27. The standard InChI is InChI=1S/C22H27N3O3/c1-22(2,3)28-21(27)23-19(13-16-9-5-4-6-10-16)20(26)15-25-14-17-11-7-8-12-18(17)24-25/h4-12,14,19-20,26H,13,15H2,1-3H3,(H,23,27)/t19-,20+/m1/s1. The lowest BCUT2D eigenvalue weighted by Crippen LogP contribution is -2.48. The molecule has 0 spiro atoms. The van der Waals surface area contributed by atoms with Crippen molar-refractivity contribution >= 4 is 17.0 Å². The van der Waals surface area contributed by atoms with Crippen LogP contribution in [0.1, 0.15) is 26.3 Å². The number of carbonyl (C=O) groups excluding carboxylic acids is 1. The summed E-state index contributed by atoms with van der Waals surface area (Å²) in [4.78, 5) is 12.3. The van der Waals surface area contributed by atoms with Crippen LogP contribution in [0.3, 0.4) is 0 Å². The molecule has 3 rings (SSSR count). The first kappa shape index (κ1) is 19.9. The molecule has 1 aromatic heterocycles. The summed E-state index contributed by atoms with van der Waals surface area (Å²) < 4.78 is 7.08. The van der Waals surface area contributed by atoms with Crippen molar-refractivity contribution in [1.82, 2.24) is 15.1 Å². The number of carbonyl (C=O) groups is 1. The second-order valence-corrected chi connectivity index (χ2v) is 7.92. The number of alkyl carbamates (subject to hydrolysis) is 1. The van der Waals surface area contributed by atoms with E-state index in [1.54, 1.807) is 4.68 Å². The van der Waals surface area contributed by atoms with Crippen molar-refractivity contribution in [3.63, 3.8) is 0 Å². The van der Waals surface area contributed by atoms with Gasteiger partial charge in [-0.1, -0.05) is 48.5 Å². The molecule has 0 saturated heterocycles. The molecule has 0 fully saturated rings. The van der Waals surface area contributed by atoms with Crippen molar-refractivity contribution in [3.8, 4) is 0 Å². The molecule has 0 bridgehead atoms. The van der Waals surface area contributed by atoms with Crippen LogP contribution < -0.4 is 5.32 Å². The van der Waals surface area contributed by atoms with Crippen molar-refractivity contribution < 1.29 is 14.6 Å². The van der Waals surface area contributed by atoms with E-state index in [0.29, 0.717) is 6.42 Å². The number of amides is 1. The number of rotatable bonds is 6. The highest BCUT2D eigenvalue weighted by Gasteiger charge is 2.25. The maximum absolute atomic E-state index is 12.3. The minimum atomic E-state index is -0.831. The molecule has 148 valence electrons. The average molecular weight is 381 g/mol. The summed E-state index contributed by atoms with van der Waals surface area (Å²) >= 11 is 0. The molecule has 6 nitrogen and oxygen atoms in total. The van der Waals surface area contributed by atoms with Gasteiger partial charge in [-0.3, -0.25) is 4.68 Å². The van der Waals surface area contributed by atoms with E-state index in [-0.39, 0.29) is 6.54 Å².